The number of thiazole rings is 1. The van der Waals surface area contributed by atoms with Crippen LogP contribution in [0, 0.1) is 12.7 Å². The summed E-state index contributed by atoms with van der Waals surface area (Å²) in [5.74, 6) is 1.17. The lowest BCUT2D eigenvalue weighted by molar-refractivity contribution is 0.627. The number of benzene rings is 2. The van der Waals surface area contributed by atoms with Gasteiger partial charge in [0, 0.05) is 22.4 Å². The Balaban J connectivity index is 1.73. The molecule has 0 atom stereocenters. The standard InChI is InChI=1S/C19H15FN4S2/c1-13-21-16(11-25-13)12-26-19-23-22-18(14-5-3-2-4-6-14)24(19)17-9-7-15(20)8-10-17/h2-11H,12H2,1H3. The summed E-state index contributed by atoms with van der Waals surface area (Å²) in [7, 11) is 0. The van der Waals surface area contributed by atoms with Crippen molar-refractivity contribution in [3.05, 3.63) is 76.5 Å². The van der Waals surface area contributed by atoms with E-state index in [1.165, 1.54) is 12.1 Å². The molecule has 0 saturated carbocycles. The van der Waals surface area contributed by atoms with Crippen molar-refractivity contribution in [1.29, 1.82) is 0 Å². The van der Waals surface area contributed by atoms with E-state index in [9.17, 15) is 4.39 Å². The van der Waals surface area contributed by atoms with Gasteiger partial charge in [0.1, 0.15) is 5.82 Å². The summed E-state index contributed by atoms with van der Waals surface area (Å²) in [6.45, 7) is 1.99. The molecule has 0 amide bonds. The molecule has 0 fully saturated rings. The SMILES string of the molecule is Cc1nc(CSc2nnc(-c3ccccc3)n2-c2ccc(F)cc2)cs1. The maximum Gasteiger partial charge on any atom is 0.196 e. The highest BCUT2D eigenvalue weighted by molar-refractivity contribution is 7.98. The van der Waals surface area contributed by atoms with Crippen molar-refractivity contribution < 1.29 is 4.39 Å². The van der Waals surface area contributed by atoms with Crippen molar-refractivity contribution in [3.8, 4) is 17.1 Å². The lowest BCUT2D eigenvalue weighted by atomic mass is 10.2. The molecule has 2 heterocycles. The molecule has 26 heavy (non-hydrogen) atoms. The van der Waals surface area contributed by atoms with Gasteiger partial charge >= 0.3 is 0 Å². The van der Waals surface area contributed by atoms with Crippen LogP contribution in [0.2, 0.25) is 0 Å². The Morgan fingerprint density at radius 2 is 1.81 bits per heavy atom. The lowest BCUT2D eigenvalue weighted by Crippen LogP contribution is -2.00. The first kappa shape index (κ1) is 16.9. The van der Waals surface area contributed by atoms with Gasteiger partial charge in [0.15, 0.2) is 11.0 Å². The van der Waals surface area contributed by atoms with Crippen LogP contribution < -0.4 is 0 Å². The molecule has 0 aliphatic heterocycles. The van der Waals surface area contributed by atoms with E-state index in [2.05, 4.69) is 20.6 Å². The van der Waals surface area contributed by atoms with Crippen LogP contribution in [0.15, 0.2) is 65.1 Å². The number of aromatic nitrogens is 4. The summed E-state index contributed by atoms with van der Waals surface area (Å²) in [6, 6.07) is 16.2. The Bertz CT molecular complexity index is 1010. The van der Waals surface area contributed by atoms with Crippen molar-refractivity contribution in [2.24, 2.45) is 0 Å². The van der Waals surface area contributed by atoms with E-state index in [0.717, 1.165) is 32.9 Å². The monoisotopic (exact) mass is 382 g/mol. The Morgan fingerprint density at radius 3 is 2.50 bits per heavy atom. The first-order valence-corrected chi connectivity index (χ1v) is 9.88. The third-order valence-electron chi connectivity index (χ3n) is 3.77. The number of hydrogen-bond acceptors (Lipinski definition) is 5. The maximum absolute atomic E-state index is 13.4. The van der Waals surface area contributed by atoms with Gasteiger partial charge in [-0.2, -0.15) is 0 Å². The van der Waals surface area contributed by atoms with Crippen LogP contribution in [-0.4, -0.2) is 19.7 Å². The van der Waals surface area contributed by atoms with Crippen LogP contribution >= 0.6 is 23.1 Å². The predicted octanol–water partition coefficient (Wildman–Crippen LogP) is 5.13. The Kier molecular flexibility index (Phi) is 4.81. The molecular formula is C19H15FN4S2. The topological polar surface area (TPSA) is 43.6 Å². The molecule has 0 radical (unpaired) electrons. The van der Waals surface area contributed by atoms with Gasteiger partial charge in [-0.15, -0.1) is 21.5 Å². The third kappa shape index (κ3) is 3.54. The van der Waals surface area contributed by atoms with Crippen LogP contribution in [0.3, 0.4) is 0 Å². The van der Waals surface area contributed by atoms with E-state index in [1.807, 2.05) is 41.8 Å². The molecule has 0 spiro atoms. The van der Waals surface area contributed by atoms with Crippen molar-refractivity contribution in [2.75, 3.05) is 0 Å². The fourth-order valence-corrected chi connectivity index (χ4v) is 4.14. The van der Waals surface area contributed by atoms with Gasteiger partial charge in [0.05, 0.1) is 10.7 Å². The van der Waals surface area contributed by atoms with Crippen LogP contribution in [-0.2, 0) is 5.75 Å². The first-order valence-electron chi connectivity index (χ1n) is 8.01. The number of nitrogens with zero attached hydrogens (tertiary/aromatic N) is 4. The van der Waals surface area contributed by atoms with E-state index < -0.39 is 0 Å². The number of halogens is 1. The maximum atomic E-state index is 13.4. The zero-order valence-electron chi connectivity index (χ0n) is 14.0. The van der Waals surface area contributed by atoms with Crippen molar-refractivity contribution in [2.45, 2.75) is 17.8 Å². The molecule has 0 aliphatic rings. The highest BCUT2D eigenvalue weighted by atomic mass is 32.2. The highest BCUT2D eigenvalue weighted by Crippen LogP contribution is 2.30. The molecule has 4 nitrogen and oxygen atoms in total. The van der Waals surface area contributed by atoms with E-state index in [-0.39, 0.29) is 5.82 Å². The second-order valence-electron chi connectivity index (χ2n) is 5.63. The van der Waals surface area contributed by atoms with Gasteiger partial charge in [0.2, 0.25) is 0 Å². The molecule has 4 rings (SSSR count). The first-order chi connectivity index (χ1) is 12.7. The lowest BCUT2D eigenvalue weighted by Gasteiger charge is -2.10. The number of aryl methyl sites for hydroxylation is 1. The highest BCUT2D eigenvalue weighted by Gasteiger charge is 2.16. The Morgan fingerprint density at radius 1 is 1.04 bits per heavy atom. The van der Waals surface area contributed by atoms with Crippen LogP contribution in [0.5, 0.6) is 0 Å². The van der Waals surface area contributed by atoms with Gasteiger partial charge in [0.25, 0.3) is 0 Å². The fourth-order valence-electron chi connectivity index (χ4n) is 2.57. The molecule has 2 aromatic heterocycles. The second kappa shape index (κ2) is 7.39. The van der Waals surface area contributed by atoms with Gasteiger partial charge < -0.3 is 0 Å². The van der Waals surface area contributed by atoms with E-state index in [1.54, 1.807) is 35.2 Å². The zero-order chi connectivity index (χ0) is 17.9. The molecule has 7 heteroatoms. The van der Waals surface area contributed by atoms with E-state index in [0.29, 0.717) is 5.75 Å². The Hall–Kier alpha value is -2.51. The van der Waals surface area contributed by atoms with Gasteiger partial charge in [-0.3, -0.25) is 4.57 Å². The van der Waals surface area contributed by atoms with Crippen molar-refractivity contribution in [1.82, 2.24) is 19.7 Å². The number of hydrogen-bond donors (Lipinski definition) is 0. The smallest absolute Gasteiger partial charge is 0.196 e. The fraction of sp³-hybridized carbons (Fsp3) is 0.105. The van der Waals surface area contributed by atoms with E-state index >= 15 is 0 Å². The molecular weight excluding hydrogens is 367 g/mol. The number of thioether (sulfide) groups is 1. The summed E-state index contributed by atoms with van der Waals surface area (Å²) in [5.41, 5.74) is 2.81. The van der Waals surface area contributed by atoms with Crippen LogP contribution in [0.25, 0.3) is 17.1 Å². The Labute approximate surface area is 158 Å². The normalized spacial score (nSPS) is 11.0. The predicted molar refractivity (Wildman–Crippen MR) is 103 cm³/mol. The molecule has 4 aromatic rings. The van der Waals surface area contributed by atoms with Crippen LogP contribution in [0.1, 0.15) is 10.7 Å². The summed E-state index contributed by atoms with van der Waals surface area (Å²) in [5, 5.41) is 12.6. The molecule has 130 valence electrons. The van der Waals surface area contributed by atoms with Crippen molar-refractivity contribution in [3.63, 3.8) is 0 Å². The minimum absolute atomic E-state index is 0.268. The third-order valence-corrected chi connectivity index (χ3v) is 5.55. The molecule has 0 bridgehead atoms. The number of rotatable bonds is 5. The van der Waals surface area contributed by atoms with E-state index in [4.69, 9.17) is 0 Å². The second-order valence-corrected chi connectivity index (χ2v) is 7.64. The molecule has 2 aromatic carbocycles. The van der Waals surface area contributed by atoms with Crippen molar-refractivity contribution >= 4 is 23.1 Å². The molecule has 0 unspecified atom stereocenters. The van der Waals surface area contributed by atoms with Gasteiger partial charge in [-0.25, -0.2) is 9.37 Å². The van der Waals surface area contributed by atoms with Crippen LogP contribution in [0.4, 0.5) is 4.39 Å². The average molecular weight is 382 g/mol. The molecule has 0 N–H and O–H groups in total. The minimum Gasteiger partial charge on any atom is -0.270 e. The largest absolute Gasteiger partial charge is 0.270 e. The quantitative estimate of drug-likeness (QED) is 0.449. The summed E-state index contributed by atoms with van der Waals surface area (Å²) < 4.78 is 15.3. The minimum atomic E-state index is -0.268. The van der Waals surface area contributed by atoms with Gasteiger partial charge in [-0.05, 0) is 31.2 Å². The van der Waals surface area contributed by atoms with Gasteiger partial charge in [-0.1, -0.05) is 42.1 Å². The summed E-state index contributed by atoms with van der Waals surface area (Å²) >= 11 is 3.20. The zero-order valence-corrected chi connectivity index (χ0v) is 15.6. The molecule has 0 saturated heterocycles. The molecule has 0 aliphatic carbocycles. The summed E-state index contributed by atoms with van der Waals surface area (Å²) in [4.78, 5) is 4.50. The summed E-state index contributed by atoms with van der Waals surface area (Å²) in [6.07, 6.45) is 0. The average Bonchev–Trinajstić information content (AvgIpc) is 3.27.